The minimum Gasteiger partial charge on any atom is -0.396 e. The van der Waals surface area contributed by atoms with Gasteiger partial charge in [-0.3, -0.25) is 0 Å². The van der Waals surface area contributed by atoms with Crippen molar-refractivity contribution in [1.82, 2.24) is 0 Å². The molecule has 0 fully saturated rings. The molecule has 0 aliphatic heterocycles. The van der Waals surface area contributed by atoms with E-state index in [0.29, 0.717) is 5.00 Å². The fourth-order valence-electron chi connectivity index (χ4n) is 1.15. The Bertz CT molecular complexity index is 523. The third-order valence-corrected chi connectivity index (χ3v) is 4.32. The highest BCUT2D eigenvalue weighted by atomic mass is 32.2. The largest absolute Gasteiger partial charge is 0.396 e. The summed E-state index contributed by atoms with van der Waals surface area (Å²) < 4.78 is 23.0. The number of thiophene rings is 1. The first kappa shape index (κ1) is 11.8. The average molecular weight is 245 g/mol. The number of hydrogen-bond donors (Lipinski definition) is 1. The summed E-state index contributed by atoms with van der Waals surface area (Å²) in [5.41, 5.74) is 5.67. The van der Waals surface area contributed by atoms with Gasteiger partial charge in [-0.05, 0) is 0 Å². The molecule has 0 saturated carbocycles. The number of hydrogen-bond acceptors (Lipinski definition) is 6. The maximum atomic E-state index is 11.5. The molecular formula is C8H11N3O2S2. The van der Waals surface area contributed by atoms with E-state index < -0.39 is 9.84 Å². The van der Waals surface area contributed by atoms with Crippen LogP contribution in [0.25, 0.3) is 0 Å². The zero-order chi connectivity index (χ0) is 11.8. The maximum absolute atomic E-state index is 11.5. The molecule has 2 N–H and O–H groups in total. The molecule has 1 aromatic rings. The average Bonchev–Trinajstić information content (AvgIpc) is 2.41. The SMILES string of the molecule is CN(C)c1sc(C#N)c(N)c1S(C)(=O)=O. The van der Waals surface area contributed by atoms with E-state index in [1.807, 2.05) is 6.07 Å². The van der Waals surface area contributed by atoms with E-state index >= 15 is 0 Å². The van der Waals surface area contributed by atoms with Gasteiger partial charge in [0.25, 0.3) is 0 Å². The smallest absolute Gasteiger partial charge is 0.180 e. The summed E-state index contributed by atoms with van der Waals surface area (Å²) in [7, 11) is 0.0131. The quantitative estimate of drug-likeness (QED) is 0.827. The number of nitrogen functional groups attached to an aromatic ring is 1. The monoisotopic (exact) mass is 245 g/mol. The first-order valence-electron chi connectivity index (χ1n) is 3.98. The number of nitrogens with zero attached hydrogens (tertiary/aromatic N) is 2. The highest BCUT2D eigenvalue weighted by Crippen LogP contribution is 2.39. The van der Waals surface area contributed by atoms with Gasteiger partial charge in [-0.25, -0.2) is 8.42 Å². The van der Waals surface area contributed by atoms with Crippen molar-refractivity contribution in [3.63, 3.8) is 0 Å². The molecule has 0 amide bonds. The van der Waals surface area contributed by atoms with Crippen molar-refractivity contribution in [3.05, 3.63) is 4.88 Å². The van der Waals surface area contributed by atoms with Crippen molar-refractivity contribution in [2.75, 3.05) is 31.0 Å². The Morgan fingerprint density at radius 1 is 1.47 bits per heavy atom. The normalized spacial score (nSPS) is 11.1. The van der Waals surface area contributed by atoms with Crippen LogP contribution in [-0.2, 0) is 9.84 Å². The van der Waals surface area contributed by atoms with Crippen LogP contribution in [0.2, 0.25) is 0 Å². The summed E-state index contributed by atoms with van der Waals surface area (Å²) in [4.78, 5) is 1.92. The zero-order valence-electron chi connectivity index (χ0n) is 8.60. The van der Waals surface area contributed by atoms with Crippen LogP contribution in [0, 0.1) is 11.3 Å². The minimum absolute atomic E-state index is 0.0497. The third kappa shape index (κ3) is 2.06. The molecule has 1 heterocycles. The maximum Gasteiger partial charge on any atom is 0.180 e. The Labute approximate surface area is 92.6 Å². The topological polar surface area (TPSA) is 87.2 Å². The van der Waals surface area contributed by atoms with Crippen LogP contribution < -0.4 is 10.6 Å². The van der Waals surface area contributed by atoms with Gasteiger partial charge in [-0.15, -0.1) is 11.3 Å². The van der Waals surface area contributed by atoms with E-state index in [0.717, 1.165) is 17.6 Å². The molecule has 0 radical (unpaired) electrons. The molecule has 0 saturated heterocycles. The van der Waals surface area contributed by atoms with Gasteiger partial charge in [0.15, 0.2) is 9.84 Å². The summed E-state index contributed by atoms with van der Waals surface area (Å²) in [6, 6.07) is 1.89. The van der Waals surface area contributed by atoms with Crippen LogP contribution >= 0.6 is 11.3 Å². The van der Waals surface area contributed by atoms with Gasteiger partial charge >= 0.3 is 0 Å². The van der Waals surface area contributed by atoms with E-state index in [1.165, 1.54) is 0 Å². The predicted octanol–water partition coefficient (Wildman–Crippen LogP) is 0.671. The van der Waals surface area contributed by atoms with E-state index in [9.17, 15) is 8.42 Å². The molecule has 0 spiro atoms. The standard InChI is InChI=1S/C8H11N3O2S2/c1-11(2)8-7(15(3,12)13)6(10)5(4-9)14-8/h10H2,1-3H3. The first-order chi connectivity index (χ1) is 6.79. The first-order valence-corrected chi connectivity index (χ1v) is 6.69. The molecule has 1 aromatic heterocycles. The molecule has 0 aliphatic rings. The lowest BCUT2D eigenvalue weighted by molar-refractivity contribution is 0.602. The second-order valence-electron chi connectivity index (χ2n) is 3.26. The van der Waals surface area contributed by atoms with Gasteiger partial charge in [0.05, 0.1) is 5.69 Å². The van der Waals surface area contributed by atoms with Crippen molar-refractivity contribution in [2.24, 2.45) is 0 Å². The fourth-order valence-corrected chi connectivity index (χ4v) is 3.63. The molecular weight excluding hydrogens is 234 g/mol. The molecule has 0 unspecified atom stereocenters. The van der Waals surface area contributed by atoms with Gasteiger partial charge in [-0.2, -0.15) is 5.26 Å². The Morgan fingerprint density at radius 2 is 2.00 bits per heavy atom. The molecule has 0 atom stereocenters. The molecule has 0 aromatic carbocycles. The second kappa shape index (κ2) is 3.72. The van der Waals surface area contributed by atoms with Gasteiger partial charge in [0, 0.05) is 20.4 Å². The van der Waals surface area contributed by atoms with Crippen LogP contribution in [-0.4, -0.2) is 28.8 Å². The predicted molar refractivity (Wildman–Crippen MR) is 60.9 cm³/mol. The summed E-state index contributed by atoms with van der Waals surface area (Å²) in [6.07, 6.45) is 1.08. The van der Waals surface area contributed by atoms with Gasteiger partial charge < -0.3 is 10.6 Å². The highest BCUT2D eigenvalue weighted by molar-refractivity contribution is 7.91. The van der Waals surface area contributed by atoms with Crippen LogP contribution in [0.4, 0.5) is 10.7 Å². The van der Waals surface area contributed by atoms with Crippen LogP contribution in [0.1, 0.15) is 4.88 Å². The Morgan fingerprint density at radius 3 is 2.27 bits per heavy atom. The lowest BCUT2D eigenvalue weighted by Crippen LogP contribution is -2.11. The Kier molecular flexibility index (Phi) is 2.93. The fraction of sp³-hybridized carbons (Fsp3) is 0.375. The molecule has 7 heteroatoms. The van der Waals surface area contributed by atoms with Crippen molar-refractivity contribution in [3.8, 4) is 6.07 Å². The lowest BCUT2D eigenvalue weighted by Gasteiger charge is -2.11. The number of nitrogens with two attached hydrogens (primary N) is 1. The van der Waals surface area contributed by atoms with Crippen LogP contribution in [0.15, 0.2) is 4.90 Å². The number of nitriles is 1. The number of sulfone groups is 1. The van der Waals surface area contributed by atoms with Gasteiger partial charge in [0.2, 0.25) is 0 Å². The lowest BCUT2D eigenvalue weighted by atomic mass is 10.4. The van der Waals surface area contributed by atoms with Crippen LogP contribution in [0.3, 0.4) is 0 Å². The molecule has 82 valence electrons. The third-order valence-electron chi connectivity index (χ3n) is 1.76. The van der Waals surface area contributed by atoms with Crippen molar-refractivity contribution in [1.29, 1.82) is 5.26 Å². The number of rotatable bonds is 2. The zero-order valence-corrected chi connectivity index (χ0v) is 10.2. The summed E-state index contributed by atoms with van der Waals surface area (Å²) in [6.45, 7) is 0. The highest BCUT2D eigenvalue weighted by Gasteiger charge is 2.24. The molecule has 0 aliphatic carbocycles. The summed E-state index contributed by atoms with van der Waals surface area (Å²) >= 11 is 1.08. The Balaban J connectivity index is 3.63. The molecule has 0 bridgehead atoms. The minimum atomic E-state index is -3.41. The van der Waals surface area contributed by atoms with Crippen molar-refractivity contribution in [2.45, 2.75) is 4.90 Å². The Hall–Kier alpha value is -1.26. The second-order valence-corrected chi connectivity index (χ2v) is 6.21. The molecule has 5 nitrogen and oxygen atoms in total. The number of anilines is 2. The van der Waals surface area contributed by atoms with Crippen molar-refractivity contribution >= 4 is 31.9 Å². The van der Waals surface area contributed by atoms with E-state index in [1.54, 1.807) is 19.0 Å². The molecule has 1 rings (SSSR count). The van der Waals surface area contributed by atoms with Gasteiger partial charge in [0.1, 0.15) is 20.8 Å². The van der Waals surface area contributed by atoms with Crippen molar-refractivity contribution < 1.29 is 8.42 Å². The van der Waals surface area contributed by atoms with Gasteiger partial charge in [-0.1, -0.05) is 0 Å². The van der Waals surface area contributed by atoms with Crippen LogP contribution in [0.5, 0.6) is 0 Å². The van der Waals surface area contributed by atoms with E-state index in [-0.39, 0.29) is 15.5 Å². The molecule has 15 heavy (non-hydrogen) atoms. The van der Waals surface area contributed by atoms with E-state index in [4.69, 9.17) is 11.0 Å². The van der Waals surface area contributed by atoms with E-state index in [2.05, 4.69) is 0 Å². The summed E-state index contributed by atoms with van der Waals surface area (Å²) in [5.74, 6) is 0. The summed E-state index contributed by atoms with van der Waals surface area (Å²) in [5, 5.41) is 9.26.